The molecule has 4 aliphatic rings. The van der Waals surface area contributed by atoms with Gasteiger partial charge in [-0.2, -0.15) is 0 Å². The Bertz CT molecular complexity index is 1170. The quantitative estimate of drug-likeness (QED) is 0.232. The number of ether oxygens (including phenoxy) is 4. The van der Waals surface area contributed by atoms with Crippen molar-refractivity contribution in [3.8, 4) is 5.75 Å². The van der Waals surface area contributed by atoms with Crippen LogP contribution in [-0.4, -0.2) is 93.6 Å². The fourth-order valence-electron chi connectivity index (χ4n) is 6.15. The lowest BCUT2D eigenvalue weighted by molar-refractivity contribution is -0.299. The zero-order valence-corrected chi connectivity index (χ0v) is 22.4. The minimum absolute atomic E-state index is 0.00933. The van der Waals surface area contributed by atoms with Gasteiger partial charge in [-0.3, -0.25) is 9.59 Å². The third-order valence-corrected chi connectivity index (χ3v) is 8.65. The van der Waals surface area contributed by atoms with E-state index < -0.39 is 48.9 Å². The molecule has 10 unspecified atom stereocenters. The zero-order valence-electron chi connectivity index (χ0n) is 22.4. The van der Waals surface area contributed by atoms with Crippen molar-refractivity contribution >= 4 is 11.9 Å². The third-order valence-electron chi connectivity index (χ3n) is 8.65. The Labute approximate surface area is 231 Å². The Morgan fingerprint density at radius 3 is 2.52 bits per heavy atom. The number of allylic oxidation sites excluding steroid dienone is 1. The number of carbonyl (C=O) groups excluding carboxylic acids is 2. The molecule has 1 aromatic carbocycles. The summed E-state index contributed by atoms with van der Waals surface area (Å²) < 4.78 is 22.6. The molecule has 10 atom stereocenters. The second-order valence-corrected chi connectivity index (χ2v) is 11.1. The van der Waals surface area contributed by atoms with E-state index in [0.717, 1.165) is 16.7 Å². The highest BCUT2D eigenvalue weighted by atomic mass is 16.7. The Morgan fingerprint density at radius 2 is 1.80 bits per heavy atom. The SMILES string of the molecule is CC1=C2CC=C(COC3OC(COC(=O)Cc4ccc(O)cc4)C(O)C(O)C3O)C2C2OC(=O)C(C)C2CC1O. The number of fused-ring (bicyclic) bond motifs is 3. The molecule has 0 saturated carbocycles. The van der Waals surface area contributed by atoms with Crippen LogP contribution >= 0.6 is 0 Å². The van der Waals surface area contributed by atoms with Crippen molar-refractivity contribution in [3.05, 3.63) is 52.6 Å². The molecule has 11 nitrogen and oxygen atoms in total. The van der Waals surface area contributed by atoms with Gasteiger partial charge in [0.05, 0.1) is 25.0 Å². The third kappa shape index (κ3) is 5.54. The van der Waals surface area contributed by atoms with E-state index in [-0.39, 0.29) is 49.1 Å². The first-order valence-corrected chi connectivity index (χ1v) is 13.6. The van der Waals surface area contributed by atoms with E-state index in [1.165, 1.54) is 12.1 Å². The molecule has 2 aliphatic carbocycles. The molecule has 0 aromatic heterocycles. The van der Waals surface area contributed by atoms with Crippen LogP contribution < -0.4 is 0 Å². The second kappa shape index (κ2) is 11.6. The molecule has 2 heterocycles. The Hall–Kier alpha value is -2.80. The molecular weight excluding hydrogens is 524 g/mol. The summed E-state index contributed by atoms with van der Waals surface area (Å²) in [5.41, 5.74) is 3.28. The summed E-state index contributed by atoms with van der Waals surface area (Å²) in [6, 6.07) is 6.06. The highest BCUT2D eigenvalue weighted by molar-refractivity contribution is 5.75. The van der Waals surface area contributed by atoms with E-state index in [9.17, 15) is 35.1 Å². The minimum atomic E-state index is -1.61. The molecule has 0 spiro atoms. The number of hydrogen-bond acceptors (Lipinski definition) is 11. The topological polar surface area (TPSA) is 172 Å². The van der Waals surface area contributed by atoms with Gasteiger partial charge in [0.2, 0.25) is 0 Å². The predicted octanol–water partition coefficient (Wildman–Crippen LogP) is 0.507. The van der Waals surface area contributed by atoms with Gasteiger partial charge in [0.15, 0.2) is 6.29 Å². The van der Waals surface area contributed by atoms with E-state index in [1.54, 1.807) is 12.1 Å². The van der Waals surface area contributed by atoms with Crippen molar-refractivity contribution in [3.63, 3.8) is 0 Å². The van der Waals surface area contributed by atoms with E-state index in [4.69, 9.17) is 18.9 Å². The number of rotatable bonds is 7. The van der Waals surface area contributed by atoms with Crippen molar-refractivity contribution in [1.29, 1.82) is 0 Å². The van der Waals surface area contributed by atoms with E-state index >= 15 is 0 Å². The lowest BCUT2D eigenvalue weighted by Crippen LogP contribution is -2.59. The molecule has 0 amide bonds. The monoisotopic (exact) mass is 560 g/mol. The number of esters is 2. The lowest BCUT2D eigenvalue weighted by atomic mass is 9.80. The molecular formula is C29H36O11. The van der Waals surface area contributed by atoms with Crippen molar-refractivity contribution in [1.82, 2.24) is 0 Å². The van der Waals surface area contributed by atoms with Crippen molar-refractivity contribution in [2.75, 3.05) is 13.2 Å². The molecule has 11 heteroatoms. The first kappa shape index (κ1) is 28.7. The van der Waals surface area contributed by atoms with Crippen molar-refractivity contribution < 1.29 is 54.1 Å². The molecule has 40 heavy (non-hydrogen) atoms. The first-order chi connectivity index (χ1) is 19.0. The average Bonchev–Trinajstić information content (AvgIpc) is 3.44. The summed E-state index contributed by atoms with van der Waals surface area (Å²) in [6.07, 6.45) is -5.41. The van der Waals surface area contributed by atoms with E-state index in [0.29, 0.717) is 18.4 Å². The van der Waals surface area contributed by atoms with Crippen molar-refractivity contribution in [2.24, 2.45) is 17.8 Å². The van der Waals surface area contributed by atoms with Crippen LogP contribution in [0.4, 0.5) is 0 Å². The molecule has 2 saturated heterocycles. The normalized spacial score (nSPS) is 37.4. The van der Waals surface area contributed by atoms with Crippen LogP contribution in [0.15, 0.2) is 47.1 Å². The fraction of sp³-hybridized carbons (Fsp3) is 0.586. The summed E-state index contributed by atoms with van der Waals surface area (Å²) in [5, 5.41) is 51.5. The second-order valence-electron chi connectivity index (χ2n) is 11.1. The maximum absolute atomic E-state index is 12.4. The summed E-state index contributed by atoms with van der Waals surface area (Å²) in [6.45, 7) is 3.31. The lowest BCUT2D eigenvalue weighted by Gasteiger charge is -2.40. The fourth-order valence-corrected chi connectivity index (χ4v) is 6.15. The van der Waals surface area contributed by atoms with Gasteiger partial charge in [-0.1, -0.05) is 30.7 Å². The largest absolute Gasteiger partial charge is 0.508 e. The van der Waals surface area contributed by atoms with E-state index in [1.807, 2.05) is 19.9 Å². The molecule has 2 fully saturated rings. The molecule has 1 aromatic rings. The number of hydrogen-bond donors (Lipinski definition) is 5. The molecule has 0 radical (unpaired) electrons. The summed E-state index contributed by atoms with van der Waals surface area (Å²) in [7, 11) is 0. The van der Waals surface area contributed by atoms with Crippen molar-refractivity contribution in [2.45, 2.75) is 76.0 Å². The zero-order chi connectivity index (χ0) is 28.7. The number of aliphatic hydroxyl groups excluding tert-OH is 4. The average molecular weight is 561 g/mol. The van der Waals surface area contributed by atoms with Gasteiger partial charge in [-0.05, 0) is 48.6 Å². The van der Waals surface area contributed by atoms with Crippen LogP contribution in [-0.2, 0) is 35.0 Å². The van der Waals surface area contributed by atoms with Crippen LogP contribution in [0.1, 0.15) is 32.3 Å². The van der Waals surface area contributed by atoms with Gasteiger partial charge in [0, 0.05) is 11.8 Å². The minimum Gasteiger partial charge on any atom is -0.508 e. The Balaban J connectivity index is 1.22. The van der Waals surface area contributed by atoms with Crippen LogP contribution in [0.2, 0.25) is 0 Å². The molecule has 218 valence electrons. The van der Waals surface area contributed by atoms with E-state index in [2.05, 4.69) is 0 Å². The number of benzene rings is 1. The number of aliphatic hydroxyl groups is 4. The number of phenols is 1. The predicted molar refractivity (Wildman–Crippen MR) is 137 cm³/mol. The number of phenolic OH excluding ortho intramolecular Hbond substituents is 1. The molecule has 5 rings (SSSR count). The van der Waals surface area contributed by atoms with Crippen LogP contribution in [0.3, 0.4) is 0 Å². The summed E-state index contributed by atoms with van der Waals surface area (Å²) in [5.74, 6) is -1.60. The van der Waals surface area contributed by atoms with Gasteiger partial charge in [-0.15, -0.1) is 0 Å². The smallest absolute Gasteiger partial charge is 0.310 e. The first-order valence-electron chi connectivity index (χ1n) is 13.6. The highest BCUT2D eigenvalue weighted by Crippen LogP contribution is 2.49. The van der Waals surface area contributed by atoms with Crippen LogP contribution in [0, 0.1) is 17.8 Å². The highest BCUT2D eigenvalue weighted by Gasteiger charge is 2.52. The maximum Gasteiger partial charge on any atom is 0.310 e. The van der Waals surface area contributed by atoms with Gasteiger partial charge < -0.3 is 44.5 Å². The number of aromatic hydroxyl groups is 1. The van der Waals surface area contributed by atoms with Gasteiger partial charge in [0.25, 0.3) is 0 Å². The van der Waals surface area contributed by atoms with Crippen LogP contribution in [0.5, 0.6) is 5.75 Å². The molecule has 5 N–H and O–H groups in total. The summed E-state index contributed by atoms with van der Waals surface area (Å²) >= 11 is 0. The Kier molecular flexibility index (Phi) is 8.32. The van der Waals surface area contributed by atoms with Gasteiger partial charge >= 0.3 is 11.9 Å². The molecule has 2 aliphatic heterocycles. The standard InChI is InChI=1S/C29H36O11/c1-13-18-8-5-16(23(18)27-19(10-20(13)31)14(2)28(36)40-27)11-38-29-26(35)25(34)24(33)21(39-29)12-37-22(32)9-15-3-6-17(30)7-4-15/h3-7,14,19-21,23-27,29-31,33-35H,8-12H2,1-2H3. The van der Waals surface area contributed by atoms with Gasteiger partial charge in [0.1, 0.15) is 42.9 Å². The summed E-state index contributed by atoms with van der Waals surface area (Å²) in [4.78, 5) is 24.7. The van der Waals surface area contributed by atoms with Gasteiger partial charge in [-0.25, -0.2) is 0 Å². The van der Waals surface area contributed by atoms with Crippen LogP contribution in [0.25, 0.3) is 0 Å². The maximum atomic E-state index is 12.4. The molecule has 0 bridgehead atoms. The number of carbonyl (C=O) groups is 2. The Morgan fingerprint density at radius 1 is 1.07 bits per heavy atom.